The molecule has 16 nitrogen and oxygen atoms in total. The minimum absolute atomic E-state index is 0.161. The molecule has 28 heavy (non-hydrogen) atoms. The number of hydrogen-bond donors (Lipinski definition) is 7. The third kappa shape index (κ3) is 6.97. The number of nitrogens with zero attached hydrogens (tertiary/aromatic N) is 1. The first kappa shape index (κ1) is 23.6. The van der Waals surface area contributed by atoms with E-state index in [2.05, 4.69) is 18.5 Å². The van der Waals surface area contributed by atoms with Gasteiger partial charge in [0.2, 0.25) is 12.3 Å². The lowest BCUT2D eigenvalue weighted by molar-refractivity contribution is -0.152. The van der Waals surface area contributed by atoms with Crippen molar-refractivity contribution in [1.82, 2.24) is 10.2 Å². The van der Waals surface area contributed by atoms with E-state index >= 15 is 0 Å². The van der Waals surface area contributed by atoms with Crippen LogP contribution in [0.3, 0.4) is 0 Å². The van der Waals surface area contributed by atoms with Gasteiger partial charge < -0.3 is 44.7 Å². The Morgan fingerprint density at radius 2 is 1.79 bits per heavy atom. The highest BCUT2D eigenvalue weighted by Gasteiger charge is 2.44. The number of carbonyl (C=O) groups is 1. The molecule has 0 aliphatic carbocycles. The van der Waals surface area contributed by atoms with Crippen LogP contribution in [-0.4, -0.2) is 72.0 Å². The number of aliphatic hydroxyl groups excluding tert-OH is 2. The summed E-state index contributed by atoms with van der Waals surface area (Å²) in [6.45, 7) is -0.753. The molecule has 0 spiro atoms. The highest BCUT2D eigenvalue weighted by atomic mass is 31.3. The maximum Gasteiger partial charge on any atom is 0.490 e. The molecular formula is C9H17N2O14P3. The van der Waals surface area contributed by atoms with E-state index in [1.54, 1.807) is 0 Å². The van der Waals surface area contributed by atoms with Crippen LogP contribution in [-0.2, 0) is 36.4 Å². The van der Waals surface area contributed by atoms with Gasteiger partial charge in [0.1, 0.15) is 6.10 Å². The number of rotatable bonds is 8. The Bertz CT molecular complexity index is 767. The number of nitrogens with one attached hydrogen (secondary N) is 1. The molecule has 6 atom stereocenters. The summed E-state index contributed by atoms with van der Waals surface area (Å²) in [5, 5.41) is 21.9. The van der Waals surface area contributed by atoms with Crippen LogP contribution in [0.4, 0.5) is 0 Å². The van der Waals surface area contributed by atoms with Gasteiger partial charge in [0.15, 0.2) is 6.23 Å². The molecule has 0 bridgehead atoms. The fourth-order valence-electron chi connectivity index (χ4n) is 2.30. The lowest BCUT2D eigenvalue weighted by atomic mass is 10.2. The molecule has 2 heterocycles. The maximum atomic E-state index is 11.6. The van der Waals surface area contributed by atoms with Crippen LogP contribution in [0.15, 0.2) is 12.3 Å². The predicted octanol–water partition coefficient (Wildman–Crippen LogP) is -1.97. The van der Waals surface area contributed by atoms with Crippen molar-refractivity contribution in [3.63, 3.8) is 0 Å². The Labute approximate surface area is 156 Å². The van der Waals surface area contributed by atoms with E-state index in [0.717, 1.165) is 17.2 Å². The minimum atomic E-state index is -5.64. The van der Waals surface area contributed by atoms with E-state index in [-0.39, 0.29) is 6.42 Å². The van der Waals surface area contributed by atoms with E-state index in [0.29, 0.717) is 0 Å². The highest BCUT2D eigenvalue weighted by Crippen LogP contribution is 2.66. The molecular weight excluding hydrogens is 453 g/mol. The molecule has 2 aliphatic heterocycles. The Kier molecular flexibility index (Phi) is 7.22. The lowest BCUT2D eigenvalue weighted by Gasteiger charge is -2.35. The second kappa shape index (κ2) is 8.58. The van der Waals surface area contributed by atoms with E-state index in [4.69, 9.17) is 19.4 Å². The predicted molar refractivity (Wildman–Crippen MR) is 84.2 cm³/mol. The SMILES string of the molecule is O=C1C=CN(C2OC(COP(=O)(O)OP(=O)(O)OP(=O)(O)O)CC2O)C(O)N1. The molecule has 0 radical (unpaired) electrons. The fraction of sp³-hybridized carbons (Fsp3) is 0.667. The summed E-state index contributed by atoms with van der Waals surface area (Å²) < 4.78 is 50.3. The van der Waals surface area contributed by atoms with Gasteiger partial charge in [-0.15, -0.1) is 0 Å². The molecule has 1 saturated heterocycles. The fourth-order valence-corrected chi connectivity index (χ4v) is 5.34. The van der Waals surface area contributed by atoms with Crippen molar-refractivity contribution >= 4 is 29.4 Å². The van der Waals surface area contributed by atoms with E-state index < -0.39 is 60.8 Å². The zero-order valence-electron chi connectivity index (χ0n) is 13.6. The van der Waals surface area contributed by atoms with Gasteiger partial charge in [-0.05, 0) is 0 Å². The van der Waals surface area contributed by atoms with Gasteiger partial charge in [-0.25, -0.2) is 13.7 Å². The number of ether oxygens (including phenoxy) is 1. The summed E-state index contributed by atoms with van der Waals surface area (Å²) in [5.41, 5.74) is 0. The Hall–Kier alpha value is -0.700. The number of hydrogen-bond acceptors (Lipinski definition) is 11. The topological polar surface area (TPSA) is 242 Å². The number of carbonyl (C=O) groups excluding carboxylic acids is 1. The van der Waals surface area contributed by atoms with Gasteiger partial charge in [0, 0.05) is 18.7 Å². The summed E-state index contributed by atoms with van der Waals surface area (Å²) in [7, 11) is -16.5. The van der Waals surface area contributed by atoms with Crippen LogP contribution in [0.1, 0.15) is 6.42 Å². The first-order valence-corrected chi connectivity index (χ1v) is 11.8. The van der Waals surface area contributed by atoms with Crippen LogP contribution >= 0.6 is 23.5 Å². The summed E-state index contributed by atoms with van der Waals surface area (Å²) in [6, 6.07) is 0. The molecule has 2 rings (SSSR count). The van der Waals surface area contributed by atoms with E-state index in [1.807, 2.05) is 0 Å². The zero-order chi connectivity index (χ0) is 21.3. The molecule has 7 N–H and O–H groups in total. The lowest BCUT2D eigenvalue weighted by Crippen LogP contribution is -2.54. The summed E-state index contributed by atoms with van der Waals surface area (Å²) >= 11 is 0. The quantitative estimate of drug-likeness (QED) is 0.190. The van der Waals surface area contributed by atoms with Gasteiger partial charge in [-0.1, -0.05) is 0 Å². The van der Waals surface area contributed by atoms with Gasteiger partial charge in [-0.3, -0.25) is 9.32 Å². The molecule has 0 aromatic carbocycles. The zero-order valence-corrected chi connectivity index (χ0v) is 16.3. The molecule has 162 valence electrons. The first-order valence-electron chi connectivity index (χ1n) is 7.23. The minimum Gasteiger partial charge on any atom is -0.388 e. The Morgan fingerprint density at radius 3 is 2.36 bits per heavy atom. The largest absolute Gasteiger partial charge is 0.490 e. The standard InChI is InChI=1S/C9H17N2O14P3/c12-6-3-5(23-8(6)11-2-1-7(13)10-9(11)14)4-22-27(18,19)25-28(20,21)24-26(15,16)17/h1-2,5-6,8-9,12,14H,3-4H2,(H,10,13)(H,18,19)(H,20,21)(H2,15,16,17). The van der Waals surface area contributed by atoms with E-state index in [9.17, 15) is 33.6 Å². The number of aliphatic hydroxyl groups is 2. The van der Waals surface area contributed by atoms with Crippen molar-refractivity contribution in [3.05, 3.63) is 12.3 Å². The summed E-state index contributed by atoms with van der Waals surface area (Å²) in [4.78, 5) is 47.4. The molecule has 2 aliphatic rings. The highest BCUT2D eigenvalue weighted by molar-refractivity contribution is 7.66. The second-order valence-electron chi connectivity index (χ2n) is 5.48. The smallest absolute Gasteiger partial charge is 0.388 e. The van der Waals surface area contributed by atoms with E-state index in [1.165, 1.54) is 0 Å². The van der Waals surface area contributed by atoms with Crippen LogP contribution in [0, 0.1) is 0 Å². The average Bonchev–Trinajstić information content (AvgIpc) is 2.82. The number of phosphoric acid groups is 3. The van der Waals surface area contributed by atoms with Crippen LogP contribution in [0.5, 0.6) is 0 Å². The van der Waals surface area contributed by atoms with Crippen LogP contribution in [0.2, 0.25) is 0 Å². The van der Waals surface area contributed by atoms with Crippen molar-refractivity contribution in [2.45, 2.75) is 31.2 Å². The third-order valence-corrected chi connectivity index (χ3v) is 7.05. The second-order valence-corrected chi connectivity index (χ2v) is 9.90. The number of phosphoric ester groups is 1. The molecule has 0 saturated carbocycles. The van der Waals surface area contributed by atoms with Gasteiger partial charge in [-0.2, -0.15) is 8.62 Å². The van der Waals surface area contributed by atoms with Crippen LogP contribution in [0.25, 0.3) is 0 Å². The van der Waals surface area contributed by atoms with Crippen molar-refractivity contribution in [2.75, 3.05) is 6.61 Å². The maximum absolute atomic E-state index is 11.6. The molecule has 6 unspecified atom stereocenters. The Morgan fingerprint density at radius 1 is 1.14 bits per heavy atom. The van der Waals surface area contributed by atoms with Crippen molar-refractivity contribution in [2.24, 2.45) is 0 Å². The number of amides is 1. The van der Waals surface area contributed by atoms with Crippen molar-refractivity contribution < 1.29 is 66.2 Å². The molecule has 0 aromatic heterocycles. The van der Waals surface area contributed by atoms with Crippen molar-refractivity contribution in [3.8, 4) is 0 Å². The monoisotopic (exact) mass is 470 g/mol. The average molecular weight is 470 g/mol. The summed E-state index contributed by atoms with van der Waals surface area (Å²) in [6.07, 6.45) is -2.89. The molecule has 1 fully saturated rings. The van der Waals surface area contributed by atoms with Gasteiger partial charge in [0.25, 0.3) is 0 Å². The molecule has 19 heteroatoms. The third-order valence-electron chi connectivity index (χ3n) is 3.25. The molecule has 1 amide bonds. The van der Waals surface area contributed by atoms with Crippen molar-refractivity contribution in [1.29, 1.82) is 0 Å². The normalized spacial score (nSPS) is 32.6. The van der Waals surface area contributed by atoms with Crippen LogP contribution < -0.4 is 5.32 Å². The molecule has 0 aromatic rings. The summed E-state index contributed by atoms with van der Waals surface area (Å²) in [5.74, 6) is -0.583. The first-order chi connectivity index (χ1) is 12.7. The van der Waals surface area contributed by atoms with Gasteiger partial charge >= 0.3 is 23.5 Å². The Balaban J connectivity index is 1.92. The van der Waals surface area contributed by atoms with Gasteiger partial charge in [0.05, 0.1) is 12.7 Å².